The van der Waals surface area contributed by atoms with E-state index in [4.69, 9.17) is 21.1 Å². The molecular weight excluding hydrogens is 536 g/mol. The summed E-state index contributed by atoms with van der Waals surface area (Å²) in [5, 5.41) is 0. The van der Waals surface area contributed by atoms with Crippen LogP contribution < -0.4 is 0 Å². The molecule has 0 saturated heterocycles. The molecule has 2 unspecified atom stereocenters. The van der Waals surface area contributed by atoms with E-state index in [9.17, 15) is 0 Å². The highest BCUT2D eigenvalue weighted by Gasteiger charge is 2.15. The van der Waals surface area contributed by atoms with Crippen molar-refractivity contribution in [1.82, 2.24) is 0 Å². The summed E-state index contributed by atoms with van der Waals surface area (Å²) in [6.45, 7) is 8.22. The van der Waals surface area contributed by atoms with Crippen molar-refractivity contribution >= 4 is 11.6 Å². The van der Waals surface area contributed by atoms with Crippen LogP contribution >= 0.6 is 11.6 Å². The molecule has 3 heteroatoms. The smallest absolute Gasteiger partial charge is 0.156 e. The van der Waals surface area contributed by atoms with Crippen LogP contribution in [0.2, 0.25) is 0 Å². The number of alkyl halides is 1. The molecule has 0 spiro atoms. The van der Waals surface area contributed by atoms with Crippen LogP contribution in [0.25, 0.3) is 0 Å². The second-order valence-corrected chi connectivity index (χ2v) is 13.8. The molecule has 0 aromatic rings. The predicted molar refractivity (Wildman–Crippen MR) is 190 cm³/mol. The Morgan fingerprint density at radius 3 is 0.810 bits per heavy atom. The summed E-state index contributed by atoms with van der Waals surface area (Å²) in [5.41, 5.74) is -0.317. The average molecular weight is 616 g/mol. The fourth-order valence-electron chi connectivity index (χ4n) is 5.98. The fourth-order valence-corrected chi connectivity index (χ4v) is 6.14. The fraction of sp³-hybridized carbons (Fsp3) is 1.00. The third-order valence-electron chi connectivity index (χ3n) is 9.02. The van der Waals surface area contributed by atoms with Crippen molar-refractivity contribution in [2.45, 2.75) is 238 Å². The maximum Gasteiger partial charge on any atom is 0.156 e. The van der Waals surface area contributed by atoms with E-state index in [-0.39, 0.29) is 11.7 Å². The second-order valence-electron chi connectivity index (χ2n) is 13.4. The zero-order chi connectivity index (χ0) is 30.6. The lowest BCUT2D eigenvalue weighted by molar-refractivity contribution is -0.0293. The number of unbranched alkanes of at least 4 members (excludes halogenated alkanes) is 30. The third-order valence-corrected chi connectivity index (χ3v) is 9.50. The number of hydrogen-bond donors (Lipinski definition) is 0. The maximum absolute atomic E-state index is 6.43. The van der Waals surface area contributed by atoms with Gasteiger partial charge >= 0.3 is 0 Å². The standard InChI is InChI=1S/C39H79ClO2/c1-4-6-8-10-12-14-16-18-20-22-24-26-28-30-32-34-36-41-38(3)39(40)42-37-35-33-31-29-27-25-23-21-19-17-15-13-11-9-7-5-2/h38-39H,4-37H2,1-3H3. The maximum atomic E-state index is 6.43. The Balaban J connectivity index is 3.25. The Morgan fingerprint density at radius 2 is 0.548 bits per heavy atom. The first-order chi connectivity index (χ1) is 20.7. The van der Waals surface area contributed by atoms with Gasteiger partial charge in [-0.15, -0.1) is 0 Å². The highest BCUT2D eigenvalue weighted by molar-refractivity contribution is 6.20. The lowest BCUT2D eigenvalue weighted by Crippen LogP contribution is -2.25. The Bertz CT molecular complexity index is 429. The van der Waals surface area contributed by atoms with Crippen molar-refractivity contribution in [1.29, 1.82) is 0 Å². The molecule has 254 valence electrons. The molecule has 2 nitrogen and oxygen atoms in total. The summed E-state index contributed by atoms with van der Waals surface area (Å²) in [6, 6.07) is 0. The number of rotatable bonds is 37. The molecule has 0 bridgehead atoms. The minimum atomic E-state index is -0.317. The molecule has 42 heavy (non-hydrogen) atoms. The zero-order valence-electron chi connectivity index (χ0n) is 29.4. The summed E-state index contributed by atoms with van der Waals surface area (Å²) < 4.78 is 11.8. The van der Waals surface area contributed by atoms with Crippen molar-refractivity contribution in [3.8, 4) is 0 Å². The molecule has 0 radical (unpaired) electrons. The van der Waals surface area contributed by atoms with Crippen LogP contribution in [0.1, 0.15) is 226 Å². The van der Waals surface area contributed by atoms with E-state index in [1.54, 1.807) is 0 Å². The van der Waals surface area contributed by atoms with Gasteiger partial charge < -0.3 is 9.47 Å². The first-order valence-corrected chi connectivity index (χ1v) is 20.0. The molecule has 0 fully saturated rings. The van der Waals surface area contributed by atoms with E-state index in [1.165, 1.54) is 193 Å². The van der Waals surface area contributed by atoms with Crippen molar-refractivity contribution in [3.05, 3.63) is 0 Å². The molecule has 0 aromatic carbocycles. The SMILES string of the molecule is CCCCCCCCCCCCCCCCCCOC(C)C(Cl)OCCCCCCCCCCCCCCCCCC. The molecule has 0 rings (SSSR count). The van der Waals surface area contributed by atoms with E-state index in [0.717, 1.165) is 26.1 Å². The minimum absolute atomic E-state index is 0.0240. The van der Waals surface area contributed by atoms with Gasteiger partial charge in [-0.2, -0.15) is 0 Å². The third kappa shape index (κ3) is 34.7. The number of halogens is 1. The van der Waals surface area contributed by atoms with Gasteiger partial charge in [0.25, 0.3) is 0 Å². The highest BCUT2D eigenvalue weighted by atomic mass is 35.5. The lowest BCUT2D eigenvalue weighted by atomic mass is 10.0. The van der Waals surface area contributed by atoms with Crippen LogP contribution in [0, 0.1) is 0 Å². The summed E-state index contributed by atoms with van der Waals surface area (Å²) in [5.74, 6) is 0. The lowest BCUT2D eigenvalue weighted by Gasteiger charge is -2.19. The van der Waals surface area contributed by atoms with E-state index in [2.05, 4.69) is 20.8 Å². The Labute approximate surface area is 271 Å². The average Bonchev–Trinajstić information content (AvgIpc) is 3.00. The largest absolute Gasteiger partial charge is 0.374 e. The normalized spacial score (nSPS) is 13.1. The molecule has 0 N–H and O–H groups in total. The van der Waals surface area contributed by atoms with E-state index in [0.29, 0.717) is 0 Å². The van der Waals surface area contributed by atoms with Crippen LogP contribution in [0.5, 0.6) is 0 Å². The second kappa shape index (κ2) is 37.4. The first-order valence-electron chi connectivity index (χ1n) is 19.6. The monoisotopic (exact) mass is 615 g/mol. The van der Waals surface area contributed by atoms with Crippen molar-refractivity contribution < 1.29 is 9.47 Å². The Hall–Kier alpha value is 0.210. The summed E-state index contributed by atoms with van der Waals surface area (Å²) in [7, 11) is 0. The molecule has 0 aliphatic rings. The quantitative estimate of drug-likeness (QED) is 0.0511. The number of hydrogen-bond acceptors (Lipinski definition) is 2. The van der Waals surface area contributed by atoms with Gasteiger partial charge in [0.1, 0.15) is 0 Å². The molecule has 0 aromatic heterocycles. The Morgan fingerprint density at radius 1 is 0.333 bits per heavy atom. The summed E-state index contributed by atoms with van der Waals surface area (Å²) in [6.07, 6.45) is 44.6. The van der Waals surface area contributed by atoms with Gasteiger partial charge in [0.2, 0.25) is 0 Å². The highest BCUT2D eigenvalue weighted by Crippen LogP contribution is 2.16. The van der Waals surface area contributed by atoms with Gasteiger partial charge in [-0.1, -0.05) is 218 Å². The van der Waals surface area contributed by atoms with Crippen molar-refractivity contribution in [3.63, 3.8) is 0 Å². The molecule has 2 atom stereocenters. The first kappa shape index (κ1) is 42.2. The van der Waals surface area contributed by atoms with E-state index < -0.39 is 0 Å². The Kier molecular flexibility index (Phi) is 37.6. The van der Waals surface area contributed by atoms with Crippen molar-refractivity contribution in [2.24, 2.45) is 0 Å². The van der Waals surface area contributed by atoms with Crippen LogP contribution in [0.4, 0.5) is 0 Å². The van der Waals surface area contributed by atoms with Crippen LogP contribution in [-0.2, 0) is 9.47 Å². The van der Waals surface area contributed by atoms with Gasteiger partial charge in [0, 0.05) is 13.2 Å². The van der Waals surface area contributed by atoms with E-state index in [1.807, 2.05) is 0 Å². The minimum Gasteiger partial charge on any atom is -0.374 e. The molecule has 0 aliphatic carbocycles. The molecule has 0 aliphatic heterocycles. The topological polar surface area (TPSA) is 18.5 Å². The van der Waals surface area contributed by atoms with Gasteiger partial charge in [-0.25, -0.2) is 0 Å². The number of ether oxygens (including phenoxy) is 2. The van der Waals surface area contributed by atoms with Gasteiger partial charge in [0.05, 0.1) is 6.10 Å². The summed E-state index contributed by atoms with van der Waals surface area (Å²) in [4.78, 5) is 0. The van der Waals surface area contributed by atoms with Crippen LogP contribution in [0.3, 0.4) is 0 Å². The van der Waals surface area contributed by atoms with Crippen LogP contribution in [0.15, 0.2) is 0 Å². The zero-order valence-corrected chi connectivity index (χ0v) is 30.1. The summed E-state index contributed by atoms with van der Waals surface area (Å²) >= 11 is 6.43. The van der Waals surface area contributed by atoms with Crippen LogP contribution in [-0.4, -0.2) is 24.9 Å². The predicted octanol–water partition coefficient (Wildman–Crippen LogP) is 14.5. The van der Waals surface area contributed by atoms with Gasteiger partial charge in [-0.05, 0) is 19.8 Å². The molecule has 0 heterocycles. The molecule has 0 saturated carbocycles. The van der Waals surface area contributed by atoms with Gasteiger partial charge in [0.15, 0.2) is 5.56 Å². The molecular formula is C39H79ClO2. The van der Waals surface area contributed by atoms with E-state index >= 15 is 0 Å². The van der Waals surface area contributed by atoms with Crippen molar-refractivity contribution in [2.75, 3.05) is 13.2 Å². The van der Waals surface area contributed by atoms with Gasteiger partial charge in [-0.3, -0.25) is 0 Å². The molecule has 0 amide bonds.